The van der Waals surface area contributed by atoms with Crippen LogP contribution in [-0.2, 0) is 16.1 Å². The molecule has 0 spiro atoms. The van der Waals surface area contributed by atoms with Crippen molar-refractivity contribution in [3.8, 4) is 17.2 Å². The van der Waals surface area contributed by atoms with Gasteiger partial charge in [0.25, 0.3) is 0 Å². The van der Waals surface area contributed by atoms with E-state index in [9.17, 15) is 24.3 Å². The summed E-state index contributed by atoms with van der Waals surface area (Å²) in [4.78, 5) is 50.3. The molecule has 1 fully saturated rings. The third-order valence-corrected chi connectivity index (χ3v) is 10.1. The van der Waals surface area contributed by atoms with Crippen LogP contribution in [0.5, 0.6) is 11.5 Å². The Morgan fingerprint density at radius 1 is 0.950 bits per heavy atom. The highest BCUT2D eigenvalue weighted by molar-refractivity contribution is 6.66. The summed E-state index contributed by atoms with van der Waals surface area (Å²) in [6, 6.07) is 11.7. The van der Waals surface area contributed by atoms with Gasteiger partial charge in [-0.15, -0.1) is 23.2 Å². The Hall–Kier alpha value is -3.24. The Bertz CT molecular complexity index is 1810. The van der Waals surface area contributed by atoms with Crippen LogP contribution in [0.15, 0.2) is 79.8 Å². The lowest BCUT2D eigenvalue weighted by atomic mass is 9.59. The molecule has 0 amide bonds. The Balaban J connectivity index is 1.65. The Morgan fingerprint density at radius 3 is 2.27 bits per heavy atom. The number of carbonyl (C=O) groups excluding carboxylic acids is 2. The van der Waals surface area contributed by atoms with Gasteiger partial charge in [0.15, 0.2) is 11.6 Å². The van der Waals surface area contributed by atoms with Gasteiger partial charge < -0.3 is 9.84 Å². The van der Waals surface area contributed by atoms with Gasteiger partial charge in [-0.2, -0.15) is 0 Å². The number of phenolic OH excluding ortho intramolecular Hbond substituents is 1. The van der Waals surface area contributed by atoms with Crippen molar-refractivity contribution in [1.29, 1.82) is 0 Å². The second kappa shape index (κ2) is 9.14. The molecule has 2 aromatic carbocycles. The molecule has 206 valence electrons. The smallest absolute Gasteiger partial charge is 0.352 e. The van der Waals surface area contributed by atoms with Crippen LogP contribution in [-0.4, -0.2) is 47.5 Å². The van der Waals surface area contributed by atoms with Crippen molar-refractivity contribution >= 4 is 58.0 Å². The van der Waals surface area contributed by atoms with Crippen LogP contribution in [0.2, 0.25) is 0 Å². The molecule has 1 aliphatic heterocycles. The Morgan fingerprint density at radius 2 is 1.62 bits per heavy atom. The third kappa shape index (κ3) is 3.35. The van der Waals surface area contributed by atoms with Crippen molar-refractivity contribution in [2.45, 2.75) is 34.7 Å². The number of ketones is 2. The molecular formula is C27H19Cl4N3O6. The number of aromatic nitrogens is 3. The SMILES string of the molecule is COc1ccc([C@H]2C3=CCn4c(=O)n(-c5ccccc5)c(=O)n4[C@@H]3C[C@@]3(Cl)C(=O)C(Cl)=C(Cl)C(=O)[C@@]23Cl)c(O)c1. The molecule has 1 aromatic heterocycles. The van der Waals surface area contributed by atoms with Crippen LogP contribution in [0.25, 0.3) is 5.69 Å². The Labute approximate surface area is 246 Å². The number of allylic oxidation sites excluding steroid dienone is 4. The Kier molecular flexibility index (Phi) is 6.16. The number of phenols is 1. The number of hydrogen-bond acceptors (Lipinski definition) is 6. The van der Waals surface area contributed by atoms with Crippen LogP contribution >= 0.6 is 46.4 Å². The van der Waals surface area contributed by atoms with E-state index >= 15 is 0 Å². The lowest BCUT2D eigenvalue weighted by molar-refractivity contribution is -0.128. The lowest BCUT2D eigenvalue weighted by Gasteiger charge is -2.54. The molecule has 2 aliphatic carbocycles. The number of para-hydroxylation sites is 1. The number of hydrogen-bond donors (Lipinski definition) is 1. The van der Waals surface area contributed by atoms with E-state index in [1.165, 1.54) is 28.6 Å². The van der Waals surface area contributed by atoms with Gasteiger partial charge in [-0.25, -0.2) is 23.5 Å². The van der Waals surface area contributed by atoms with Crippen LogP contribution in [0.4, 0.5) is 0 Å². The number of carbonyl (C=O) groups is 2. The fourth-order valence-corrected chi connectivity index (χ4v) is 7.52. The van der Waals surface area contributed by atoms with Crippen LogP contribution in [0, 0.1) is 0 Å². The summed E-state index contributed by atoms with van der Waals surface area (Å²) in [6.07, 6.45) is 1.29. The van der Waals surface area contributed by atoms with E-state index in [1.807, 2.05) is 0 Å². The van der Waals surface area contributed by atoms with E-state index in [0.717, 1.165) is 4.57 Å². The van der Waals surface area contributed by atoms with E-state index in [-0.39, 0.29) is 24.3 Å². The standard InChI is InChI=1S/C27H19Cl4N3O6/c1-40-14-7-8-16(18(35)11-14)19-15-9-10-32-24(38)33(13-5-3-2-4-6-13)25(39)34(32)17(15)12-26(30)22(36)20(28)21(29)23(37)27(19,26)31/h2-9,11,17,19,35H,10,12H2,1H3/t17-,19-,26-,27+/m1/s1. The number of aromatic hydroxyl groups is 1. The van der Waals surface area contributed by atoms with Crippen molar-refractivity contribution in [3.05, 3.63) is 96.8 Å². The fraction of sp³-hybridized carbons (Fsp3) is 0.259. The van der Waals surface area contributed by atoms with Gasteiger partial charge in [-0.05, 0) is 23.8 Å². The highest BCUT2D eigenvalue weighted by Crippen LogP contribution is 2.64. The first kappa shape index (κ1) is 27.0. The van der Waals surface area contributed by atoms with Gasteiger partial charge in [0.05, 0.1) is 25.4 Å². The van der Waals surface area contributed by atoms with E-state index in [2.05, 4.69) is 0 Å². The molecular weight excluding hydrogens is 604 g/mol. The molecule has 6 rings (SSSR count). The van der Waals surface area contributed by atoms with E-state index in [4.69, 9.17) is 51.1 Å². The molecule has 0 bridgehead atoms. The molecule has 2 heterocycles. The van der Waals surface area contributed by atoms with Gasteiger partial charge in [-0.1, -0.05) is 53.5 Å². The molecule has 4 atom stereocenters. The first-order chi connectivity index (χ1) is 19.0. The molecule has 13 heteroatoms. The summed E-state index contributed by atoms with van der Waals surface area (Å²) in [7, 11) is 1.42. The maximum atomic E-state index is 13.8. The topological polar surface area (TPSA) is 113 Å². The van der Waals surface area contributed by atoms with Crippen LogP contribution in [0.3, 0.4) is 0 Å². The van der Waals surface area contributed by atoms with Gasteiger partial charge in [0.1, 0.15) is 31.3 Å². The van der Waals surface area contributed by atoms with Gasteiger partial charge in [0, 0.05) is 24.0 Å². The number of benzene rings is 2. The van der Waals surface area contributed by atoms with Crippen molar-refractivity contribution < 1.29 is 19.4 Å². The molecule has 3 aliphatic rings. The normalized spacial score (nSPS) is 27.6. The molecule has 1 N–H and O–H groups in total. The van der Waals surface area contributed by atoms with Crippen LogP contribution < -0.4 is 16.1 Å². The maximum Gasteiger partial charge on any atom is 0.352 e. The average molecular weight is 623 g/mol. The third-order valence-electron chi connectivity index (χ3n) is 7.87. The molecule has 0 unspecified atom stereocenters. The first-order valence-corrected chi connectivity index (χ1v) is 13.6. The second-order valence-corrected chi connectivity index (χ2v) is 11.7. The minimum absolute atomic E-state index is 0.0537. The predicted molar refractivity (Wildman–Crippen MR) is 149 cm³/mol. The first-order valence-electron chi connectivity index (χ1n) is 12.1. The lowest BCUT2D eigenvalue weighted by Crippen LogP contribution is -2.67. The van der Waals surface area contributed by atoms with Gasteiger partial charge >= 0.3 is 11.4 Å². The maximum absolute atomic E-state index is 13.8. The highest BCUT2D eigenvalue weighted by Gasteiger charge is 2.71. The predicted octanol–water partition coefficient (Wildman–Crippen LogP) is 3.98. The summed E-state index contributed by atoms with van der Waals surface area (Å²) < 4.78 is 8.65. The average Bonchev–Trinajstić information content (AvgIpc) is 3.21. The number of fused-ring (bicyclic) bond motifs is 4. The highest BCUT2D eigenvalue weighted by atomic mass is 35.5. The molecule has 40 heavy (non-hydrogen) atoms. The second-order valence-electron chi connectivity index (χ2n) is 9.74. The van der Waals surface area contributed by atoms with E-state index in [1.54, 1.807) is 42.5 Å². The van der Waals surface area contributed by atoms with Crippen molar-refractivity contribution in [3.63, 3.8) is 0 Å². The number of nitrogens with zero attached hydrogens (tertiary/aromatic N) is 3. The number of alkyl halides is 2. The van der Waals surface area contributed by atoms with E-state index < -0.39 is 54.7 Å². The minimum Gasteiger partial charge on any atom is -0.508 e. The monoisotopic (exact) mass is 621 g/mol. The van der Waals surface area contributed by atoms with Gasteiger partial charge in [-0.3, -0.25) is 9.59 Å². The number of rotatable bonds is 3. The number of methoxy groups -OCH3 is 1. The van der Waals surface area contributed by atoms with Crippen molar-refractivity contribution in [2.24, 2.45) is 0 Å². The molecule has 3 aromatic rings. The summed E-state index contributed by atoms with van der Waals surface area (Å²) in [6.45, 7) is -0.0537. The summed E-state index contributed by atoms with van der Waals surface area (Å²) in [5.41, 5.74) is -0.383. The number of Topliss-reactive ketones (excluding diaryl/α,β-unsaturated/α-hetero) is 2. The summed E-state index contributed by atoms with van der Waals surface area (Å²) in [5.74, 6) is -3.01. The quantitative estimate of drug-likeness (QED) is 0.349. The summed E-state index contributed by atoms with van der Waals surface area (Å²) >= 11 is 26.6. The molecule has 0 radical (unpaired) electrons. The van der Waals surface area contributed by atoms with Crippen molar-refractivity contribution in [1.82, 2.24) is 13.9 Å². The van der Waals surface area contributed by atoms with Crippen molar-refractivity contribution in [2.75, 3.05) is 7.11 Å². The molecule has 0 saturated heterocycles. The molecule has 1 saturated carbocycles. The summed E-state index contributed by atoms with van der Waals surface area (Å²) in [5, 5.41) is 9.91. The van der Waals surface area contributed by atoms with Crippen LogP contribution in [0.1, 0.15) is 23.9 Å². The number of halogens is 4. The zero-order valence-corrected chi connectivity index (χ0v) is 23.6. The van der Waals surface area contributed by atoms with E-state index in [0.29, 0.717) is 17.0 Å². The van der Waals surface area contributed by atoms with Gasteiger partial charge in [0.2, 0.25) is 0 Å². The fourth-order valence-electron chi connectivity index (χ4n) is 6.01. The zero-order chi connectivity index (χ0) is 28.7. The molecule has 9 nitrogen and oxygen atoms in total. The minimum atomic E-state index is -2.23. The number of ether oxygens (including phenoxy) is 1. The largest absolute Gasteiger partial charge is 0.508 e. The zero-order valence-electron chi connectivity index (χ0n) is 20.6.